The lowest BCUT2D eigenvalue weighted by molar-refractivity contribution is -0.211. The summed E-state index contributed by atoms with van der Waals surface area (Å²) in [4.78, 5) is 14.8. The van der Waals surface area contributed by atoms with E-state index in [0.29, 0.717) is 50.0 Å². The molecule has 16 atom stereocenters. The third-order valence-corrected chi connectivity index (χ3v) is 19.7. The smallest absolute Gasteiger partial charge is 0.156 e. The Balaban J connectivity index is 0.842. The van der Waals surface area contributed by atoms with Crippen molar-refractivity contribution in [2.75, 3.05) is 25.1 Å². The molecule has 8 aliphatic carbocycles. The van der Waals surface area contributed by atoms with E-state index in [9.17, 15) is 30.3 Å². The molecule has 0 bridgehead atoms. The maximum Gasteiger partial charge on any atom is 0.156 e. The molecule has 1 aromatic rings. The predicted molar refractivity (Wildman–Crippen MR) is 243 cm³/mol. The number of anilines is 1. The van der Waals surface area contributed by atoms with E-state index in [2.05, 4.69) is 75.4 Å². The van der Waals surface area contributed by atoms with Crippen molar-refractivity contribution < 1.29 is 35.1 Å². The third kappa shape index (κ3) is 7.09. The minimum atomic E-state index is -0.986. The van der Waals surface area contributed by atoms with Crippen molar-refractivity contribution in [1.82, 2.24) is 0 Å². The van der Waals surface area contributed by atoms with Gasteiger partial charge in [-0.3, -0.25) is 4.79 Å². The minimum Gasteiger partial charge on any atom is -0.513 e. The summed E-state index contributed by atoms with van der Waals surface area (Å²) in [5.74, 6) is 8.50. The lowest BCUT2D eigenvalue weighted by Crippen LogP contribution is -2.62. The molecule has 8 nitrogen and oxygen atoms in total. The number of hydrogen-bond acceptors (Lipinski definition) is 8. The van der Waals surface area contributed by atoms with E-state index < -0.39 is 29.3 Å². The van der Waals surface area contributed by atoms with Crippen LogP contribution in [0.15, 0.2) is 59.4 Å². The number of ketones is 1. The summed E-state index contributed by atoms with van der Waals surface area (Å²) in [6.45, 7) is 13.7. The second-order valence-electron chi connectivity index (χ2n) is 22.3. The monoisotopic (exact) mass is 850 g/mol. The molecule has 6 fully saturated rings. The van der Waals surface area contributed by atoms with Crippen LogP contribution in [0.5, 0.6) is 0 Å². The second kappa shape index (κ2) is 16.5. The largest absolute Gasteiger partial charge is 0.513 e. The topological polar surface area (TPSA) is 131 Å². The Morgan fingerprint density at radius 1 is 0.968 bits per heavy atom. The molecule has 8 unspecified atom stereocenters. The maximum absolute atomic E-state index is 12.5. The number of hydrogen-bond donors (Lipinski definition) is 5. The summed E-state index contributed by atoms with van der Waals surface area (Å²) >= 11 is 0. The fraction of sp³-hybridized carbons (Fsp3) is 0.722. The summed E-state index contributed by atoms with van der Waals surface area (Å²) in [7, 11) is 2.14. The van der Waals surface area contributed by atoms with Crippen LogP contribution >= 0.6 is 0 Å². The number of aliphatic hydroxyl groups is 5. The SMILES string of the molecule is C=C(O)CC[C@@H](O)C1CC[C@H]2C3[C@H](O)CC4CC(OCCN(C)c5ccc([C@H]6CC7(C)[C@@H](CC[C@@]7(O)C#CC)C7CCC8=CC(=O)CCC8=C76)cc5)CCC4(C)[C@H]3C[C@H](O)C12C. The number of carbonyl (C=O) groups excluding carboxylic acids is 1. The first-order valence-corrected chi connectivity index (χ1v) is 24.5. The average Bonchev–Trinajstić information content (AvgIpc) is 3.73. The van der Waals surface area contributed by atoms with Crippen molar-refractivity contribution in [2.24, 2.45) is 57.7 Å². The molecule has 62 heavy (non-hydrogen) atoms. The second-order valence-corrected chi connectivity index (χ2v) is 22.3. The molecule has 338 valence electrons. The van der Waals surface area contributed by atoms with E-state index in [1.807, 2.05) is 13.0 Å². The van der Waals surface area contributed by atoms with Crippen LogP contribution in [0, 0.1) is 69.5 Å². The fourth-order valence-corrected chi connectivity index (χ4v) is 16.3. The van der Waals surface area contributed by atoms with Crippen LogP contribution in [0.4, 0.5) is 5.69 Å². The molecule has 1 aromatic carbocycles. The van der Waals surface area contributed by atoms with Crippen LogP contribution < -0.4 is 4.90 Å². The van der Waals surface area contributed by atoms with Crippen molar-refractivity contribution in [3.63, 3.8) is 0 Å². The fourth-order valence-electron chi connectivity index (χ4n) is 16.3. The van der Waals surface area contributed by atoms with Gasteiger partial charge in [-0.25, -0.2) is 0 Å². The Morgan fingerprint density at radius 3 is 2.48 bits per heavy atom. The van der Waals surface area contributed by atoms with Crippen LogP contribution in [-0.4, -0.2) is 81.5 Å². The van der Waals surface area contributed by atoms with Crippen LogP contribution in [0.3, 0.4) is 0 Å². The highest BCUT2D eigenvalue weighted by molar-refractivity contribution is 5.93. The maximum atomic E-state index is 12.5. The number of aliphatic hydroxyl groups excluding tert-OH is 4. The van der Waals surface area contributed by atoms with E-state index in [1.165, 1.54) is 22.3 Å². The molecule has 9 rings (SSSR count). The van der Waals surface area contributed by atoms with Gasteiger partial charge in [0.05, 0.1) is 36.8 Å². The Hall–Kier alpha value is -2.93. The molecule has 5 N–H and O–H groups in total. The molecular weight excluding hydrogens is 775 g/mol. The molecule has 0 aliphatic heterocycles. The van der Waals surface area contributed by atoms with Gasteiger partial charge in [0.15, 0.2) is 5.78 Å². The summed E-state index contributed by atoms with van der Waals surface area (Å²) < 4.78 is 6.66. The average molecular weight is 850 g/mol. The van der Waals surface area contributed by atoms with Gasteiger partial charge in [0.1, 0.15) is 5.60 Å². The quantitative estimate of drug-likeness (QED) is 0.117. The van der Waals surface area contributed by atoms with Crippen LogP contribution in [-0.2, 0) is 9.53 Å². The summed E-state index contributed by atoms with van der Waals surface area (Å²) in [6, 6.07) is 9.09. The normalized spacial score (nSPS) is 43.7. The van der Waals surface area contributed by atoms with E-state index in [4.69, 9.17) is 4.74 Å². The van der Waals surface area contributed by atoms with Crippen LogP contribution in [0.1, 0.15) is 142 Å². The zero-order valence-electron chi connectivity index (χ0n) is 38.2. The molecule has 0 heterocycles. The number of fused-ring (bicyclic) bond motifs is 9. The third-order valence-electron chi connectivity index (χ3n) is 19.7. The number of likely N-dealkylation sites (N-methyl/N-ethyl adjacent to an activating group) is 1. The highest BCUT2D eigenvalue weighted by Crippen LogP contribution is 2.69. The van der Waals surface area contributed by atoms with Crippen molar-refractivity contribution >= 4 is 11.5 Å². The van der Waals surface area contributed by atoms with Gasteiger partial charge in [-0.05, 0) is 179 Å². The van der Waals surface area contributed by atoms with E-state index in [-0.39, 0.29) is 58.1 Å². The molecule has 0 amide bonds. The van der Waals surface area contributed by atoms with Crippen molar-refractivity contribution in [1.29, 1.82) is 0 Å². The summed E-state index contributed by atoms with van der Waals surface area (Å²) in [6.07, 6.45) is 13.4. The van der Waals surface area contributed by atoms with Crippen molar-refractivity contribution in [3.8, 4) is 11.8 Å². The van der Waals surface area contributed by atoms with Crippen molar-refractivity contribution in [3.05, 3.63) is 65.0 Å². The Morgan fingerprint density at radius 2 is 1.74 bits per heavy atom. The van der Waals surface area contributed by atoms with Crippen LogP contribution in [0.25, 0.3) is 0 Å². The van der Waals surface area contributed by atoms with E-state index in [0.717, 1.165) is 89.3 Å². The number of allylic oxidation sites excluding steroid dienone is 5. The van der Waals surface area contributed by atoms with Gasteiger partial charge in [-0.15, -0.1) is 5.92 Å². The number of benzene rings is 1. The Bertz CT molecular complexity index is 2030. The van der Waals surface area contributed by atoms with Crippen LogP contribution in [0.2, 0.25) is 0 Å². The molecule has 0 saturated heterocycles. The number of carbonyl (C=O) groups is 1. The first kappa shape index (κ1) is 44.3. The first-order valence-electron chi connectivity index (χ1n) is 24.5. The number of nitrogens with zero attached hydrogens (tertiary/aromatic N) is 1. The van der Waals surface area contributed by atoms with Gasteiger partial charge < -0.3 is 35.2 Å². The molecule has 0 radical (unpaired) electrons. The summed E-state index contributed by atoms with van der Waals surface area (Å²) in [5.41, 5.74) is 4.94. The highest BCUT2D eigenvalue weighted by Gasteiger charge is 2.66. The zero-order valence-corrected chi connectivity index (χ0v) is 38.2. The molecular formula is C54H75NO7. The van der Waals surface area contributed by atoms with Crippen molar-refractivity contribution in [2.45, 2.75) is 166 Å². The first-order chi connectivity index (χ1) is 29.5. The molecule has 0 aromatic heterocycles. The molecule has 8 aliphatic rings. The molecule has 8 heteroatoms. The number of ether oxygens (including phenoxy) is 1. The van der Waals surface area contributed by atoms with E-state index >= 15 is 0 Å². The standard InChI is InChI=1S/C54H75NO7/c1-7-22-54(61)24-21-42-40-15-11-34-27-37(57)14-16-39(34)49(40)41(31-52(42,54)4)33-9-12-36(13-10-33)55(6)25-26-62-38-20-23-51(3)35(28-38)29-47(59)50-44-18-17-43(46(58)19-8-32(2)56)53(44,5)48(60)30-45(50)51/h9-10,12-13,27,35,38,40-48,50,56,58-61H,2,8,11,14-21,23-26,28-31H2,1,3-6H3/t35?,38?,40?,41-,42+,43?,44+,45+,46-,47-,48+,50?,51?,52?,53?,54+/m1/s1. The van der Waals surface area contributed by atoms with Gasteiger partial charge in [-0.2, -0.15) is 0 Å². The highest BCUT2D eigenvalue weighted by atomic mass is 16.5. The van der Waals surface area contributed by atoms with Gasteiger partial charge in [0.2, 0.25) is 0 Å². The number of rotatable bonds is 10. The van der Waals surface area contributed by atoms with Gasteiger partial charge in [-0.1, -0.05) is 51.0 Å². The summed E-state index contributed by atoms with van der Waals surface area (Å²) in [5, 5.41) is 56.9. The van der Waals surface area contributed by atoms with Gasteiger partial charge in [0, 0.05) is 48.9 Å². The lowest BCUT2D eigenvalue weighted by atomic mass is 9.43. The lowest BCUT2D eigenvalue weighted by Gasteiger charge is -2.63. The Labute approximate surface area is 371 Å². The molecule has 0 spiro atoms. The molecule has 6 saturated carbocycles. The van der Waals surface area contributed by atoms with E-state index in [1.54, 1.807) is 0 Å². The van der Waals surface area contributed by atoms with Gasteiger partial charge in [0.25, 0.3) is 0 Å². The van der Waals surface area contributed by atoms with Gasteiger partial charge >= 0.3 is 0 Å². The Kier molecular flexibility index (Phi) is 11.8. The zero-order chi connectivity index (χ0) is 43.9. The predicted octanol–water partition coefficient (Wildman–Crippen LogP) is 8.98. The minimum absolute atomic E-state index is 0.0349.